The van der Waals surface area contributed by atoms with Gasteiger partial charge in [-0.2, -0.15) is 0 Å². The molecule has 0 bridgehead atoms. The van der Waals surface area contributed by atoms with E-state index < -0.39 is 5.91 Å². The Balaban J connectivity index is 0.00000196. The molecule has 2 N–H and O–H groups in total. The van der Waals surface area contributed by atoms with Crippen LogP contribution in [0, 0.1) is 5.92 Å². The monoisotopic (exact) mass is 229 g/mol. The molecule has 0 heterocycles. The first kappa shape index (κ1) is 13.8. The van der Waals surface area contributed by atoms with Crippen LogP contribution in [0.25, 0.3) is 0 Å². The SMILES string of the molecule is CC(C)COc1ccc(C(N)=O)cc1.Cl. The van der Waals surface area contributed by atoms with Gasteiger partial charge in [0.1, 0.15) is 5.75 Å². The van der Waals surface area contributed by atoms with Gasteiger partial charge >= 0.3 is 0 Å². The van der Waals surface area contributed by atoms with Crippen LogP contribution in [0.3, 0.4) is 0 Å². The van der Waals surface area contributed by atoms with Crippen LogP contribution in [0.5, 0.6) is 5.75 Å². The van der Waals surface area contributed by atoms with Crippen molar-refractivity contribution in [1.82, 2.24) is 0 Å². The summed E-state index contributed by atoms with van der Waals surface area (Å²) in [7, 11) is 0. The van der Waals surface area contributed by atoms with Crippen molar-refractivity contribution in [1.29, 1.82) is 0 Å². The van der Waals surface area contributed by atoms with E-state index in [1.165, 1.54) is 0 Å². The number of halogens is 1. The van der Waals surface area contributed by atoms with Crippen molar-refractivity contribution in [3.05, 3.63) is 29.8 Å². The number of carbonyl (C=O) groups is 1. The number of hydrogen-bond acceptors (Lipinski definition) is 2. The van der Waals surface area contributed by atoms with Crippen LogP contribution >= 0.6 is 12.4 Å². The van der Waals surface area contributed by atoms with Crippen molar-refractivity contribution in [2.45, 2.75) is 13.8 Å². The van der Waals surface area contributed by atoms with Gasteiger partial charge in [0.2, 0.25) is 5.91 Å². The third kappa shape index (κ3) is 4.70. The highest BCUT2D eigenvalue weighted by Gasteiger charge is 2.00. The molecule has 3 nitrogen and oxygen atoms in total. The highest BCUT2D eigenvalue weighted by atomic mass is 35.5. The smallest absolute Gasteiger partial charge is 0.248 e. The number of amides is 1. The van der Waals surface area contributed by atoms with E-state index in [-0.39, 0.29) is 12.4 Å². The van der Waals surface area contributed by atoms with Crippen molar-refractivity contribution in [2.24, 2.45) is 11.7 Å². The maximum Gasteiger partial charge on any atom is 0.248 e. The molecule has 0 fully saturated rings. The summed E-state index contributed by atoms with van der Waals surface area (Å²) in [5.74, 6) is 0.843. The molecule has 0 radical (unpaired) electrons. The number of hydrogen-bond donors (Lipinski definition) is 1. The molecule has 0 aliphatic rings. The van der Waals surface area contributed by atoms with Gasteiger partial charge in [0.25, 0.3) is 0 Å². The van der Waals surface area contributed by atoms with Gasteiger partial charge in [0, 0.05) is 5.56 Å². The van der Waals surface area contributed by atoms with Crippen molar-refractivity contribution >= 4 is 18.3 Å². The van der Waals surface area contributed by atoms with Crippen molar-refractivity contribution in [3.63, 3.8) is 0 Å². The molecule has 84 valence electrons. The van der Waals surface area contributed by atoms with Gasteiger partial charge in [-0.15, -0.1) is 12.4 Å². The zero-order valence-corrected chi connectivity index (χ0v) is 9.71. The first-order valence-electron chi connectivity index (χ1n) is 4.62. The number of carbonyl (C=O) groups excluding carboxylic acids is 1. The predicted octanol–water partition coefficient (Wildman–Crippen LogP) is 2.24. The van der Waals surface area contributed by atoms with E-state index in [1.807, 2.05) is 0 Å². The molecule has 0 unspecified atom stereocenters. The number of ether oxygens (including phenoxy) is 1. The van der Waals surface area contributed by atoms with Gasteiger partial charge in [0.15, 0.2) is 0 Å². The normalized spacial score (nSPS) is 9.53. The van der Waals surface area contributed by atoms with Gasteiger partial charge in [-0.05, 0) is 30.2 Å². The first-order chi connectivity index (χ1) is 6.59. The molecule has 1 aromatic carbocycles. The van der Waals surface area contributed by atoms with E-state index in [0.29, 0.717) is 18.1 Å². The third-order valence-corrected chi connectivity index (χ3v) is 1.72. The van der Waals surface area contributed by atoms with Crippen LogP contribution in [-0.2, 0) is 0 Å². The van der Waals surface area contributed by atoms with E-state index in [2.05, 4.69) is 13.8 Å². The Morgan fingerprint density at radius 1 is 1.33 bits per heavy atom. The zero-order valence-electron chi connectivity index (χ0n) is 8.90. The highest BCUT2D eigenvalue weighted by molar-refractivity contribution is 5.92. The minimum atomic E-state index is -0.416. The largest absolute Gasteiger partial charge is 0.493 e. The number of rotatable bonds is 4. The third-order valence-electron chi connectivity index (χ3n) is 1.72. The summed E-state index contributed by atoms with van der Waals surface area (Å²) >= 11 is 0. The quantitative estimate of drug-likeness (QED) is 0.861. The highest BCUT2D eigenvalue weighted by Crippen LogP contribution is 2.12. The van der Waals surface area contributed by atoms with Crippen LogP contribution < -0.4 is 10.5 Å². The van der Waals surface area contributed by atoms with Crippen molar-refractivity contribution < 1.29 is 9.53 Å². The molecule has 0 aromatic heterocycles. The number of benzene rings is 1. The molecular weight excluding hydrogens is 214 g/mol. The average molecular weight is 230 g/mol. The molecule has 15 heavy (non-hydrogen) atoms. The minimum absolute atomic E-state index is 0. The molecule has 0 atom stereocenters. The van der Waals surface area contributed by atoms with Gasteiger partial charge in [0.05, 0.1) is 6.61 Å². The molecule has 1 amide bonds. The number of primary amides is 1. The molecule has 4 heteroatoms. The van der Waals surface area contributed by atoms with Gasteiger partial charge in [-0.3, -0.25) is 4.79 Å². The Morgan fingerprint density at radius 3 is 2.27 bits per heavy atom. The lowest BCUT2D eigenvalue weighted by atomic mass is 10.2. The fourth-order valence-electron chi connectivity index (χ4n) is 0.978. The maximum absolute atomic E-state index is 10.8. The summed E-state index contributed by atoms with van der Waals surface area (Å²) in [6.07, 6.45) is 0. The summed E-state index contributed by atoms with van der Waals surface area (Å²) < 4.78 is 5.45. The molecular formula is C11H16ClNO2. The predicted molar refractivity (Wildman–Crippen MR) is 62.5 cm³/mol. The van der Waals surface area contributed by atoms with E-state index in [0.717, 1.165) is 5.75 Å². The molecule has 0 saturated heterocycles. The van der Waals surface area contributed by atoms with Crippen LogP contribution in [0.15, 0.2) is 24.3 Å². The summed E-state index contributed by atoms with van der Waals surface area (Å²) in [4.78, 5) is 10.8. The number of nitrogens with two attached hydrogens (primary N) is 1. The van der Waals surface area contributed by atoms with Crippen LogP contribution in [-0.4, -0.2) is 12.5 Å². The topological polar surface area (TPSA) is 52.3 Å². The fraction of sp³-hybridized carbons (Fsp3) is 0.364. The van der Waals surface area contributed by atoms with Gasteiger partial charge in [-0.25, -0.2) is 0 Å². The van der Waals surface area contributed by atoms with E-state index in [1.54, 1.807) is 24.3 Å². The molecule has 0 spiro atoms. The summed E-state index contributed by atoms with van der Waals surface area (Å²) in [6.45, 7) is 4.84. The molecule has 1 rings (SSSR count). The Kier molecular flexibility index (Phi) is 5.79. The summed E-state index contributed by atoms with van der Waals surface area (Å²) in [5.41, 5.74) is 5.61. The Bertz CT molecular complexity index is 309. The zero-order chi connectivity index (χ0) is 10.6. The minimum Gasteiger partial charge on any atom is -0.493 e. The summed E-state index contributed by atoms with van der Waals surface area (Å²) in [5, 5.41) is 0. The second-order valence-electron chi connectivity index (χ2n) is 3.59. The summed E-state index contributed by atoms with van der Waals surface area (Å²) in [6, 6.07) is 6.83. The first-order valence-corrected chi connectivity index (χ1v) is 4.62. The van der Waals surface area contributed by atoms with Crippen LogP contribution in [0.1, 0.15) is 24.2 Å². The Labute approximate surface area is 96.0 Å². The molecule has 1 aromatic rings. The lowest BCUT2D eigenvalue weighted by molar-refractivity contribution is 0.100. The molecule has 0 aliphatic heterocycles. The average Bonchev–Trinajstić information content (AvgIpc) is 2.15. The van der Waals surface area contributed by atoms with Crippen molar-refractivity contribution in [3.8, 4) is 5.75 Å². The standard InChI is InChI=1S/C11H15NO2.ClH/c1-8(2)7-14-10-5-3-9(4-6-10)11(12)13;/h3-6,8H,7H2,1-2H3,(H2,12,13);1H. The van der Waals surface area contributed by atoms with Gasteiger partial charge < -0.3 is 10.5 Å². The lowest BCUT2D eigenvalue weighted by Gasteiger charge is -2.08. The second kappa shape index (κ2) is 6.30. The van der Waals surface area contributed by atoms with Crippen molar-refractivity contribution in [2.75, 3.05) is 6.61 Å². The second-order valence-corrected chi connectivity index (χ2v) is 3.59. The Morgan fingerprint density at radius 2 is 1.87 bits per heavy atom. The Hall–Kier alpha value is -1.22. The van der Waals surface area contributed by atoms with Crippen LogP contribution in [0.2, 0.25) is 0 Å². The van der Waals surface area contributed by atoms with E-state index in [9.17, 15) is 4.79 Å². The lowest BCUT2D eigenvalue weighted by Crippen LogP contribution is -2.10. The maximum atomic E-state index is 10.8. The van der Waals surface area contributed by atoms with E-state index in [4.69, 9.17) is 10.5 Å². The fourth-order valence-corrected chi connectivity index (χ4v) is 0.978. The van der Waals surface area contributed by atoms with E-state index >= 15 is 0 Å². The van der Waals surface area contributed by atoms with Crippen LogP contribution in [0.4, 0.5) is 0 Å². The molecule has 0 aliphatic carbocycles. The molecule has 0 saturated carbocycles. The van der Waals surface area contributed by atoms with Gasteiger partial charge in [-0.1, -0.05) is 13.8 Å².